The fourth-order valence-electron chi connectivity index (χ4n) is 2.92. The Labute approximate surface area is 139 Å². The van der Waals surface area contributed by atoms with E-state index in [2.05, 4.69) is 28.6 Å². The second-order valence-electron chi connectivity index (χ2n) is 7.35. The largest absolute Gasteiger partial charge is 0.444 e. The maximum absolute atomic E-state index is 11.9. The van der Waals surface area contributed by atoms with Crippen LogP contribution in [-0.2, 0) is 11.3 Å². The summed E-state index contributed by atoms with van der Waals surface area (Å²) in [4.78, 5) is 16.3. The molecule has 1 heterocycles. The summed E-state index contributed by atoms with van der Waals surface area (Å²) in [7, 11) is 0. The Morgan fingerprint density at radius 1 is 1.35 bits per heavy atom. The van der Waals surface area contributed by atoms with Crippen molar-refractivity contribution in [2.24, 2.45) is 0 Å². The monoisotopic (exact) mass is 319 g/mol. The predicted octanol–water partition coefficient (Wildman–Crippen LogP) is 3.32. The third-order valence-electron chi connectivity index (χ3n) is 4.07. The van der Waals surface area contributed by atoms with Crippen molar-refractivity contribution in [1.29, 1.82) is 0 Å². The standard InChI is InChI=1S/C18H29N3O2/c1-13-7-6-10-19-16(13)12-20-14-8-5-9-15(11-14)21-17(22)23-18(2,3)4/h6-7,10,14-15,20H,5,8-9,11-12H2,1-4H3,(H,21,22). The maximum atomic E-state index is 11.9. The summed E-state index contributed by atoms with van der Waals surface area (Å²) in [5, 5.41) is 6.57. The van der Waals surface area contributed by atoms with Crippen LogP contribution >= 0.6 is 0 Å². The average Bonchev–Trinajstić information content (AvgIpc) is 2.45. The summed E-state index contributed by atoms with van der Waals surface area (Å²) in [5.41, 5.74) is 1.85. The predicted molar refractivity (Wildman–Crippen MR) is 91.2 cm³/mol. The van der Waals surface area contributed by atoms with Gasteiger partial charge in [0.1, 0.15) is 5.60 Å². The summed E-state index contributed by atoms with van der Waals surface area (Å²) in [6.45, 7) is 8.50. The van der Waals surface area contributed by atoms with Crippen molar-refractivity contribution in [1.82, 2.24) is 15.6 Å². The van der Waals surface area contributed by atoms with Gasteiger partial charge in [0.2, 0.25) is 0 Å². The SMILES string of the molecule is Cc1cccnc1CNC1CCCC(NC(=O)OC(C)(C)C)C1. The van der Waals surface area contributed by atoms with Gasteiger partial charge < -0.3 is 15.4 Å². The fourth-order valence-corrected chi connectivity index (χ4v) is 2.92. The molecule has 0 bridgehead atoms. The minimum absolute atomic E-state index is 0.181. The number of nitrogens with one attached hydrogen (secondary N) is 2. The molecule has 0 saturated heterocycles. The van der Waals surface area contributed by atoms with Crippen LogP contribution in [0.2, 0.25) is 0 Å². The molecule has 5 heteroatoms. The van der Waals surface area contributed by atoms with E-state index in [9.17, 15) is 4.79 Å². The van der Waals surface area contributed by atoms with E-state index in [0.29, 0.717) is 6.04 Å². The van der Waals surface area contributed by atoms with Crippen molar-refractivity contribution < 1.29 is 9.53 Å². The summed E-state index contributed by atoms with van der Waals surface area (Å²) in [6, 6.07) is 4.63. The number of pyridine rings is 1. The van der Waals surface area contributed by atoms with Gasteiger partial charge in [-0.25, -0.2) is 4.79 Å². The summed E-state index contributed by atoms with van der Waals surface area (Å²) in [6.07, 6.45) is 5.71. The van der Waals surface area contributed by atoms with Gasteiger partial charge in [-0.2, -0.15) is 0 Å². The molecule has 1 amide bonds. The molecule has 128 valence electrons. The second kappa shape index (κ2) is 7.77. The maximum Gasteiger partial charge on any atom is 0.407 e. The smallest absolute Gasteiger partial charge is 0.407 e. The van der Waals surface area contributed by atoms with Crippen LogP contribution in [0.4, 0.5) is 4.79 Å². The molecule has 0 aromatic carbocycles. The highest BCUT2D eigenvalue weighted by Gasteiger charge is 2.25. The molecule has 0 radical (unpaired) electrons. The number of hydrogen-bond donors (Lipinski definition) is 2. The zero-order valence-electron chi connectivity index (χ0n) is 14.7. The molecule has 0 spiro atoms. The summed E-state index contributed by atoms with van der Waals surface area (Å²) < 4.78 is 5.34. The molecule has 2 N–H and O–H groups in total. The van der Waals surface area contributed by atoms with E-state index in [0.717, 1.165) is 37.9 Å². The first-order valence-corrected chi connectivity index (χ1v) is 8.47. The number of hydrogen-bond acceptors (Lipinski definition) is 4. The minimum Gasteiger partial charge on any atom is -0.444 e. The van der Waals surface area contributed by atoms with Gasteiger partial charge in [-0.3, -0.25) is 4.98 Å². The van der Waals surface area contributed by atoms with Crippen molar-refractivity contribution >= 4 is 6.09 Å². The van der Waals surface area contributed by atoms with Gasteiger partial charge in [0.25, 0.3) is 0 Å². The highest BCUT2D eigenvalue weighted by atomic mass is 16.6. The molecular formula is C18H29N3O2. The van der Waals surface area contributed by atoms with Crippen molar-refractivity contribution in [3.63, 3.8) is 0 Å². The zero-order chi connectivity index (χ0) is 16.9. The fraction of sp³-hybridized carbons (Fsp3) is 0.667. The van der Waals surface area contributed by atoms with Gasteiger partial charge in [-0.1, -0.05) is 6.07 Å². The number of carbonyl (C=O) groups is 1. The Hall–Kier alpha value is -1.62. The molecule has 2 atom stereocenters. The van der Waals surface area contributed by atoms with E-state index in [1.54, 1.807) is 0 Å². The van der Waals surface area contributed by atoms with Crippen LogP contribution in [-0.4, -0.2) is 28.8 Å². The Kier molecular flexibility index (Phi) is 5.99. The van der Waals surface area contributed by atoms with E-state index in [-0.39, 0.29) is 12.1 Å². The van der Waals surface area contributed by atoms with Crippen LogP contribution in [0.1, 0.15) is 57.7 Å². The van der Waals surface area contributed by atoms with Crippen molar-refractivity contribution in [3.8, 4) is 0 Å². The average molecular weight is 319 g/mol. The normalized spacial score (nSPS) is 21.7. The number of nitrogens with zero attached hydrogens (tertiary/aromatic N) is 1. The number of ether oxygens (including phenoxy) is 1. The topological polar surface area (TPSA) is 63.2 Å². The zero-order valence-corrected chi connectivity index (χ0v) is 14.7. The van der Waals surface area contributed by atoms with Crippen LogP contribution in [0.25, 0.3) is 0 Å². The molecule has 0 aliphatic heterocycles. The van der Waals surface area contributed by atoms with Gasteiger partial charge in [-0.05, 0) is 65.0 Å². The molecule has 1 saturated carbocycles. The number of amides is 1. The number of alkyl carbamates (subject to hydrolysis) is 1. The third kappa shape index (κ3) is 6.18. The molecule has 2 unspecified atom stereocenters. The lowest BCUT2D eigenvalue weighted by molar-refractivity contribution is 0.0488. The molecule has 23 heavy (non-hydrogen) atoms. The summed E-state index contributed by atoms with van der Waals surface area (Å²) in [5.74, 6) is 0. The molecule has 2 rings (SSSR count). The Bertz CT molecular complexity index is 525. The lowest BCUT2D eigenvalue weighted by atomic mass is 9.91. The van der Waals surface area contributed by atoms with Crippen LogP contribution in [0.5, 0.6) is 0 Å². The molecule has 1 fully saturated rings. The first-order chi connectivity index (χ1) is 10.8. The Morgan fingerprint density at radius 2 is 2.09 bits per heavy atom. The lowest BCUT2D eigenvalue weighted by Crippen LogP contribution is -2.45. The second-order valence-corrected chi connectivity index (χ2v) is 7.35. The quantitative estimate of drug-likeness (QED) is 0.893. The highest BCUT2D eigenvalue weighted by molar-refractivity contribution is 5.68. The molecule has 1 aliphatic rings. The third-order valence-corrected chi connectivity index (χ3v) is 4.07. The van der Waals surface area contributed by atoms with Gasteiger partial charge in [-0.15, -0.1) is 0 Å². The van der Waals surface area contributed by atoms with Crippen molar-refractivity contribution in [2.75, 3.05) is 0 Å². The number of carbonyl (C=O) groups excluding carboxylic acids is 1. The van der Waals surface area contributed by atoms with Crippen molar-refractivity contribution in [2.45, 2.75) is 77.6 Å². The van der Waals surface area contributed by atoms with Crippen LogP contribution in [0, 0.1) is 6.92 Å². The molecule has 5 nitrogen and oxygen atoms in total. The summed E-state index contributed by atoms with van der Waals surface area (Å²) >= 11 is 0. The van der Waals surface area contributed by atoms with Gasteiger partial charge in [0.15, 0.2) is 0 Å². The van der Waals surface area contributed by atoms with Crippen LogP contribution in [0.3, 0.4) is 0 Å². The highest BCUT2D eigenvalue weighted by Crippen LogP contribution is 2.20. The minimum atomic E-state index is -0.451. The van der Waals surface area contributed by atoms with Gasteiger partial charge in [0, 0.05) is 24.8 Å². The molecule has 1 aromatic rings. The molecular weight excluding hydrogens is 290 g/mol. The van der Waals surface area contributed by atoms with E-state index in [1.807, 2.05) is 33.0 Å². The van der Waals surface area contributed by atoms with Crippen molar-refractivity contribution in [3.05, 3.63) is 29.6 Å². The first kappa shape index (κ1) is 17.7. The van der Waals surface area contributed by atoms with E-state index >= 15 is 0 Å². The van der Waals surface area contributed by atoms with Gasteiger partial charge >= 0.3 is 6.09 Å². The number of aromatic nitrogens is 1. The van der Waals surface area contributed by atoms with E-state index in [1.165, 1.54) is 5.56 Å². The van der Waals surface area contributed by atoms with E-state index < -0.39 is 5.60 Å². The number of rotatable bonds is 4. The lowest BCUT2D eigenvalue weighted by Gasteiger charge is -2.31. The Morgan fingerprint density at radius 3 is 2.78 bits per heavy atom. The van der Waals surface area contributed by atoms with E-state index in [4.69, 9.17) is 4.74 Å². The Balaban J connectivity index is 1.79. The number of aryl methyl sites for hydroxylation is 1. The van der Waals surface area contributed by atoms with Gasteiger partial charge in [0.05, 0.1) is 5.69 Å². The molecule has 1 aromatic heterocycles. The van der Waals surface area contributed by atoms with Crippen LogP contribution < -0.4 is 10.6 Å². The molecule has 1 aliphatic carbocycles. The first-order valence-electron chi connectivity index (χ1n) is 8.47. The van der Waals surface area contributed by atoms with Crippen LogP contribution in [0.15, 0.2) is 18.3 Å².